The van der Waals surface area contributed by atoms with E-state index in [0.29, 0.717) is 11.8 Å². The molecule has 2 aliphatic heterocycles. The van der Waals surface area contributed by atoms with Crippen LogP contribution in [0.1, 0.15) is 29.4 Å². The molecule has 0 spiro atoms. The van der Waals surface area contributed by atoms with Gasteiger partial charge in [0, 0.05) is 12.5 Å². The molecular weight excluding hydrogens is 246 g/mol. The van der Waals surface area contributed by atoms with Gasteiger partial charge in [-0.15, -0.1) is 0 Å². The van der Waals surface area contributed by atoms with E-state index < -0.39 is 0 Å². The first-order valence-electron chi connectivity index (χ1n) is 7.37. The molecule has 0 aromatic heterocycles. The van der Waals surface area contributed by atoms with E-state index in [1.54, 1.807) is 0 Å². The molecule has 2 aliphatic rings. The van der Waals surface area contributed by atoms with E-state index in [2.05, 4.69) is 60.5 Å². The minimum Gasteiger partial charge on any atom is -0.457 e. The van der Waals surface area contributed by atoms with Gasteiger partial charge in [0.2, 0.25) is 0 Å². The third-order valence-corrected chi connectivity index (χ3v) is 4.67. The predicted octanol–water partition coefficient (Wildman–Crippen LogP) is 4.00. The zero-order valence-corrected chi connectivity index (χ0v) is 11.8. The minimum absolute atomic E-state index is 0.536. The van der Waals surface area contributed by atoms with Crippen molar-refractivity contribution < 1.29 is 4.74 Å². The van der Waals surface area contributed by atoms with E-state index >= 15 is 0 Å². The van der Waals surface area contributed by atoms with Crippen LogP contribution in [0.4, 0.5) is 0 Å². The average Bonchev–Trinajstić information content (AvgIpc) is 2.61. The van der Waals surface area contributed by atoms with Crippen molar-refractivity contribution in [2.45, 2.75) is 18.3 Å². The molecule has 0 N–H and O–H groups in total. The Morgan fingerprint density at radius 3 is 2.20 bits per heavy atom. The van der Waals surface area contributed by atoms with Gasteiger partial charge in [0.15, 0.2) is 0 Å². The molecule has 102 valence electrons. The maximum absolute atomic E-state index is 6.21. The largest absolute Gasteiger partial charge is 0.457 e. The molecule has 4 rings (SSSR count). The molecule has 1 saturated heterocycles. The number of piperidine rings is 1. The van der Waals surface area contributed by atoms with E-state index in [1.165, 1.54) is 17.5 Å². The lowest BCUT2D eigenvalue weighted by Crippen LogP contribution is -2.35. The summed E-state index contributed by atoms with van der Waals surface area (Å²) in [5, 5.41) is 0. The van der Waals surface area contributed by atoms with Crippen LogP contribution in [0.3, 0.4) is 0 Å². The highest BCUT2D eigenvalue weighted by Crippen LogP contribution is 2.49. The summed E-state index contributed by atoms with van der Waals surface area (Å²) in [6, 6.07) is 17.1. The standard InChI is InChI=1S/C18H19NO/c1-19-11-10-13-14-6-2-4-8-17(14)20-18-9-5-3-7-15(18)16(13)12-19/h2-9,13,16H,10-12H2,1H3/t13-,16-/m0/s1. The van der Waals surface area contributed by atoms with Gasteiger partial charge in [-0.2, -0.15) is 0 Å². The van der Waals surface area contributed by atoms with Crippen LogP contribution in [0, 0.1) is 0 Å². The van der Waals surface area contributed by atoms with Gasteiger partial charge < -0.3 is 9.64 Å². The SMILES string of the molecule is CN1CC[C@H]2c3ccccc3Oc3ccccc3[C@H]2C1. The quantitative estimate of drug-likeness (QED) is 0.714. The van der Waals surface area contributed by atoms with Crippen LogP contribution in [0.2, 0.25) is 0 Å². The number of rotatable bonds is 0. The van der Waals surface area contributed by atoms with Crippen molar-refractivity contribution in [3.63, 3.8) is 0 Å². The summed E-state index contributed by atoms with van der Waals surface area (Å²) in [5.41, 5.74) is 2.74. The van der Waals surface area contributed by atoms with Crippen LogP contribution < -0.4 is 4.74 Å². The van der Waals surface area contributed by atoms with Gasteiger partial charge in [0.05, 0.1) is 0 Å². The molecule has 2 aromatic rings. The molecule has 20 heavy (non-hydrogen) atoms. The molecule has 0 radical (unpaired) electrons. The maximum atomic E-state index is 6.21. The Labute approximate surface area is 120 Å². The van der Waals surface area contributed by atoms with Crippen LogP contribution in [-0.4, -0.2) is 25.0 Å². The van der Waals surface area contributed by atoms with Gasteiger partial charge in [0.25, 0.3) is 0 Å². The first-order valence-corrected chi connectivity index (χ1v) is 7.37. The smallest absolute Gasteiger partial charge is 0.130 e. The lowest BCUT2D eigenvalue weighted by atomic mass is 9.77. The second-order valence-electron chi connectivity index (χ2n) is 5.94. The summed E-state index contributed by atoms with van der Waals surface area (Å²) < 4.78 is 6.21. The van der Waals surface area contributed by atoms with Gasteiger partial charge in [0.1, 0.15) is 11.5 Å². The summed E-state index contributed by atoms with van der Waals surface area (Å²) in [6.07, 6.45) is 1.20. The molecule has 0 unspecified atom stereocenters. The van der Waals surface area contributed by atoms with Gasteiger partial charge in [-0.05, 0) is 49.2 Å². The summed E-state index contributed by atoms with van der Waals surface area (Å²) in [6.45, 7) is 2.27. The van der Waals surface area contributed by atoms with E-state index in [-0.39, 0.29) is 0 Å². The Kier molecular flexibility index (Phi) is 2.78. The monoisotopic (exact) mass is 265 g/mol. The number of fused-ring (bicyclic) bond motifs is 5. The number of likely N-dealkylation sites (tertiary alicyclic amines) is 1. The highest BCUT2D eigenvalue weighted by Gasteiger charge is 2.35. The molecular formula is C18H19NO. The second-order valence-corrected chi connectivity index (χ2v) is 5.94. The van der Waals surface area contributed by atoms with Gasteiger partial charge in [-0.1, -0.05) is 36.4 Å². The normalized spacial score (nSPS) is 24.9. The number of hydrogen-bond acceptors (Lipinski definition) is 2. The molecule has 0 amide bonds. The van der Waals surface area contributed by atoms with Gasteiger partial charge >= 0.3 is 0 Å². The Balaban J connectivity index is 1.90. The summed E-state index contributed by atoms with van der Waals surface area (Å²) in [5.74, 6) is 3.18. The molecule has 2 heterocycles. The van der Waals surface area contributed by atoms with Crippen molar-refractivity contribution in [1.82, 2.24) is 4.90 Å². The van der Waals surface area contributed by atoms with Gasteiger partial charge in [-0.25, -0.2) is 0 Å². The van der Waals surface area contributed by atoms with E-state index in [9.17, 15) is 0 Å². The Morgan fingerprint density at radius 2 is 1.50 bits per heavy atom. The van der Waals surface area contributed by atoms with Gasteiger partial charge in [-0.3, -0.25) is 0 Å². The number of nitrogens with zero attached hydrogens (tertiary/aromatic N) is 1. The van der Waals surface area contributed by atoms with E-state index in [0.717, 1.165) is 24.6 Å². The fourth-order valence-electron chi connectivity index (χ4n) is 3.68. The first kappa shape index (κ1) is 12.0. The number of hydrogen-bond donors (Lipinski definition) is 0. The summed E-state index contributed by atoms with van der Waals surface area (Å²) in [4.78, 5) is 2.44. The Hall–Kier alpha value is -1.80. The van der Waals surface area contributed by atoms with Crippen molar-refractivity contribution in [2.75, 3.05) is 20.1 Å². The number of benzene rings is 2. The van der Waals surface area contributed by atoms with Crippen LogP contribution in [-0.2, 0) is 0 Å². The molecule has 0 bridgehead atoms. The van der Waals surface area contributed by atoms with E-state index in [4.69, 9.17) is 4.74 Å². The Morgan fingerprint density at radius 1 is 0.900 bits per heavy atom. The van der Waals surface area contributed by atoms with Crippen molar-refractivity contribution in [1.29, 1.82) is 0 Å². The molecule has 2 aromatic carbocycles. The molecule has 2 nitrogen and oxygen atoms in total. The maximum Gasteiger partial charge on any atom is 0.130 e. The number of ether oxygens (including phenoxy) is 1. The molecule has 0 saturated carbocycles. The second kappa shape index (κ2) is 4.64. The topological polar surface area (TPSA) is 12.5 Å². The predicted molar refractivity (Wildman–Crippen MR) is 80.6 cm³/mol. The fraction of sp³-hybridized carbons (Fsp3) is 0.333. The highest BCUT2D eigenvalue weighted by atomic mass is 16.5. The lowest BCUT2D eigenvalue weighted by molar-refractivity contribution is 0.228. The minimum atomic E-state index is 0.536. The van der Waals surface area contributed by atoms with Crippen molar-refractivity contribution in [3.05, 3.63) is 59.7 Å². The number of likely N-dealkylation sites (N-methyl/N-ethyl adjacent to an activating group) is 1. The zero-order valence-electron chi connectivity index (χ0n) is 11.8. The Bertz CT molecular complexity index is 637. The fourth-order valence-corrected chi connectivity index (χ4v) is 3.68. The molecule has 0 aliphatic carbocycles. The zero-order chi connectivity index (χ0) is 13.5. The molecule has 1 fully saturated rings. The van der Waals surface area contributed by atoms with Crippen molar-refractivity contribution in [2.24, 2.45) is 0 Å². The molecule has 2 heteroatoms. The molecule has 2 atom stereocenters. The highest BCUT2D eigenvalue weighted by molar-refractivity contribution is 5.49. The number of para-hydroxylation sites is 2. The van der Waals surface area contributed by atoms with Crippen LogP contribution in [0.15, 0.2) is 48.5 Å². The van der Waals surface area contributed by atoms with E-state index in [1.807, 2.05) is 0 Å². The summed E-state index contributed by atoms with van der Waals surface area (Å²) in [7, 11) is 2.22. The van der Waals surface area contributed by atoms with Crippen LogP contribution in [0.25, 0.3) is 0 Å². The van der Waals surface area contributed by atoms with Crippen LogP contribution in [0.5, 0.6) is 11.5 Å². The van der Waals surface area contributed by atoms with Crippen molar-refractivity contribution >= 4 is 0 Å². The summed E-state index contributed by atoms with van der Waals surface area (Å²) >= 11 is 0. The first-order chi connectivity index (χ1) is 9.83. The van der Waals surface area contributed by atoms with Crippen LogP contribution >= 0.6 is 0 Å². The third kappa shape index (κ3) is 1.83. The average molecular weight is 265 g/mol. The lowest BCUT2D eigenvalue weighted by Gasteiger charge is -2.36. The van der Waals surface area contributed by atoms with Crippen molar-refractivity contribution in [3.8, 4) is 11.5 Å². The third-order valence-electron chi connectivity index (χ3n) is 4.67.